The van der Waals surface area contributed by atoms with Gasteiger partial charge < -0.3 is 4.84 Å². The van der Waals surface area contributed by atoms with E-state index >= 15 is 0 Å². The third kappa shape index (κ3) is 4.36. The van der Waals surface area contributed by atoms with E-state index in [1.807, 2.05) is 22.0 Å². The molecule has 0 amide bonds. The van der Waals surface area contributed by atoms with E-state index in [0.29, 0.717) is 16.7 Å². The highest BCUT2D eigenvalue weighted by molar-refractivity contribution is 7.99. The normalized spacial score (nSPS) is 11.5. The van der Waals surface area contributed by atoms with E-state index in [2.05, 4.69) is 36.3 Å². The number of nitrogens with zero attached hydrogens (tertiary/aromatic N) is 3. The Bertz CT molecular complexity index is 1140. The zero-order valence-corrected chi connectivity index (χ0v) is 17.9. The monoisotopic (exact) mass is 447 g/mol. The molecular weight excluding hydrogens is 433 g/mol. The molecule has 0 atom stereocenters. The van der Waals surface area contributed by atoms with E-state index in [9.17, 15) is 0 Å². The Balaban J connectivity index is 1.51. The molecule has 0 aliphatic heterocycles. The summed E-state index contributed by atoms with van der Waals surface area (Å²) in [5.74, 6) is 0. The number of halogens is 2. The largest absolute Gasteiger partial charge is 0.391 e. The Morgan fingerprint density at radius 3 is 2.79 bits per heavy atom. The smallest absolute Gasteiger partial charge is 0.195 e. The third-order valence-corrected chi connectivity index (χ3v) is 6.46. The fraction of sp³-hybridized carbons (Fsp3) is 0.100. The second-order valence-corrected chi connectivity index (χ2v) is 8.78. The first kappa shape index (κ1) is 19.3. The van der Waals surface area contributed by atoms with Crippen LogP contribution < -0.4 is 0 Å². The lowest BCUT2D eigenvalue weighted by Gasteiger charge is -2.03. The van der Waals surface area contributed by atoms with Crippen LogP contribution in [-0.2, 0) is 11.4 Å². The first-order valence-corrected chi connectivity index (χ1v) is 10.8. The quantitative estimate of drug-likeness (QED) is 0.243. The van der Waals surface area contributed by atoms with Gasteiger partial charge in [-0.15, -0.1) is 11.3 Å². The van der Waals surface area contributed by atoms with Gasteiger partial charge in [0.2, 0.25) is 0 Å². The molecule has 4 aromatic rings. The maximum atomic E-state index is 6.03. The van der Waals surface area contributed by atoms with Gasteiger partial charge in [0, 0.05) is 16.5 Å². The number of hydrogen-bond donors (Lipinski definition) is 0. The van der Waals surface area contributed by atoms with Gasteiger partial charge in [0.1, 0.15) is 17.3 Å². The Hall–Kier alpha value is -1.99. The average Bonchev–Trinajstić information content (AvgIpc) is 3.25. The molecule has 0 fully saturated rings. The molecule has 4 rings (SSSR count). The molecule has 2 aromatic heterocycles. The fourth-order valence-corrected chi connectivity index (χ4v) is 4.50. The number of oxime groups is 1. The van der Waals surface area contributed by atoms with Crippen LogP contribution in [0.4, 0.5) is 0 Å². The van der Waals surface area contributed by atoms with Crippen LogP contribution in [0.15, 0.2) is 69.1 Å². The van der Waals surface area contributed by atoms with Crippen molar-refractivity contribution in [3.05, 3.63) is 80.9 Å². The fourth-order valence-electron chi connectivity index (χ4n) is 2.52. The van der Waals surface area contributed by atoms with E-state index in [-0.39, 0.29) is 0 Å². The SMILES string of the molecule is Cc1ccc(Sc2nc3sccn3c2/C=N/OCc2ccc(Cl)c(Cl)c2)cc1. The van der Waals surface area contributed by atoms with Crippen LogP contribution in [0.1, 0.15) is 16.8 Å². The van der Waals surface area contributed by atoms with Crippen molar-refractivity contribution < 1.29 is 4.84 Å². The molecule has 142 valence electrons. The summed E-state index contributed by atoms with van der Waals surface area (Å²) in [6, 6.07) is 13.7. The van der Waals surface area contributed by atoms with Crippen molar-refractivity contribution >= 4 is 57.5 Å². The second-order valence-electron chi connectivity index (χ2n) is 6.03. The van der Waals surface area contributed by atoms with Crippen LogP contribution in [-0.4, -0.2) is 15.6 Å². The molecule has 2 aromatic carbocycles. The van der Waals surface area contributed by atoms with Gasteiger partial charge in [-0.1, -0.05) is 63.9 Å². The number of thiazole rings is 1. The summed E-state index contributed by atoms with van der Waals surface area (Å²) in [6.45, 7) is 2.38. The molecule has 28 heavy (non-hydrogen) atoms. The van der Waals surface area contributed by atoms with Crippen molar-refractivity contribution in [2.75, 3.05) is 0 Å². The number of imidazole rings is 1. The number of fused-ring (bicyclic) bond motifs is 1. The number of hydrogen-bond acceptors (Lipinski definition) is 5. The molecule has 4 nitrogen and oxygen atoms in total. The highest BCUT2D eigenvalue weighted by Gasteiger charge is 2.13. The van der Waals surface area contributed by atoms with E-state index < -0.39 is 0 Å². The summed E-state index contributed by atoms with van der Waals surface area (Å²) >= 11 is 15.2. The molecule has 0 radical (unpaired) electrons. The van der Waals surface area contributed by atoms with Gasteiger partial charge in [-0.3, -0.25) is 4.40 Å². The number of rotatable bonds is 6. The lowest BCUT2D eigenvalue weighted by Crippen LogP contribution is -1.93. The van der Waals surface area contributed by atoms with Crippen molar-refractivity contribution in [1.82, 2.24) is 9.38 Å². The van der Waals surface area contributed by atoms with E-state index in [1.54, 1.807) is 41.4 Å². The van der Waals surface area contributed by atoms with Crippen molar-refractivity contribution in [2.24, 2.45) is 5.16 Å². The molecule has 8 heteroatoms. The molecule has 0 aliphatic rings. The minimum Gasteiger partial charge on any atom is -0.391 e. The molecule has 0 bridgehead atoms. The molecule has 2 heterocycles. The predicted molar refractivity (Wildman–Crippen MR) is 117 cm³/mol. The standard InChI is InChI=1S/C20H15Cl2N3OS2/c1-13-2-5-15(6-3-13)28-19-18(25-8-9-27-20(25)24-19)11-23-26-12-14-4-7-16(21)17(22)10-14/h2-11H,12H2,1H3/b23-11+. The third-order valence-electron chi connectivity index (χ3n) is 3.97. The van der Waals surface area contributed by atoms with E-state index in [4.69, 9.17) is 33.0 Å². The van der Waals surface area contributed by atoms with Gasteiger partial charge in [0.05, 0.1) is 16.3 Å². The minimum absolute atomic E-state index is 0.305. The molecule has 0 saturated carbocycles. The number of benzene rings is 2. The van der Waals surface area contributed by atoms with Crippen molar-refractivity contribution in [1.29, 1.82) is 0 Å². The van der Waals surface area contributed by atoms with Crippen LogP contribution in [0, 0.1) is 6.92 Å². The lowest BCUT2D eigenvalue weighted by molar-refractivity contribution is 0.132. The van der Waals surface area contributed by atoms with Crippen molar-refractivity contribution in [3.63, 3.8) is 0 Å². The maximum Gasteiger partial charge on any atom is 0.195 e. The lowest BCUT2D eigenvalue weighted by atomic mass is 10.2. The zero-order chi connectivity index (χ0) is 19.5. The van der Waals surface area contributed by atoms with Gasteiger partial charge >= 0.3 is 0 Å². The van der Waals surface area contributed by atoms with Crippen LogP contribution in [0.25, 0.3) is 4.96 Å². The molecule has 0 aliphatic carbocycles. The highest BCUT2D eigenvalue weighted by Crippen LogP contribution is 2.31. The average molecular weight is 448 g/mol. The van der Waals surface area contributed by atoms with Gasteiger partial charge in [-0.05, 0) is 36.8 Å². The molecule has 0 spiro atoms. The summed E-state index contributed by atoms with van der Waals surface area (Å²) in [6.07, 6.45) is 3.67. The summed E-state index contributed by atoms with van der Waals surface area (Å²) in [5, 5.41) is 8.04. The van der Waals surface area contributed by atoms with Gasteiger partial charge in [-0.25, -0.2) is 4.98 Å². The Labute approximate surface area is 180 Å². The van der Waals surface area contributed by atoms with Crippen LogP contribution in [0.3, 0.4) is 0 Å². The second kappa shape index (κ2) is 8.57. The van der Waals surface area contributed by atoms with E-state index in [0.717, 1.165) is 26.1 Å². The van der Waals surface area contributed by atoms with Gasteiger partial charge in [-0.2, -0.15) is 0 Å². The predicted octanol–water partition coefficient (Wildman–Crippen LogP) is 6.71. The maximum absolute atomic E-state index is 6.03. The molecule has 0 N–H and O–H groups in total. The Morgan fingerprint density at radius 1 is 1.18 bits per heavy atom. The van der Waals surface area contributed by atoms with Gasteiger partial charge in [0.15, 0.2) is 4.96 Å². The molecular formula is C20H15Cl2N3OS2. The topological polar surface area (TPSA) is 38.9 Å². The number of aryl methyl sites for hydroxylation is 1. The summed E-state index contributed by atoms with van der Waals surface area (Å²) in [4.78, 5) is 12.2. The highest BCUT2D eigenvalue weighted by atomic mass is 35.5. The summed E-state index contributed by atoms with van der Waals surface area (Å²) < 4.78 is 2.01. The van der Waals surface area contributed by atoms with Crippen molar-refractivity contribution in [2.45, 2.75) is 23.5 Å². The number of aromatic nitrogens is 2. The minimum atomic E-state index is 0.305. The summed E-state index contributed by atoms with van der Waals surface area (Å²) in [7, 11) is 0. The molecule has 0 unspecified atom stereocenters. The first-order valence-electron chi connectivity index (χ1n) is 8.39. The molecule has 0 saturated heterocycles. The Kier molecular flexibility index (Phi) is 5.92. The van der Waals surface area contributed by atoms with Crippen LogP contribution in [0.5, 0.6) is 0 Å². The first-order chi connectivity index (χ1) is 13.6. The summed E-state index contributed by atoms with van der Waals surface area (Å²) in [5.41, 5.74) is 3.01. The Morgan fingerprint density at radius 2 is 2.00 bits per heavy atom. The van der Waals surface area contributed by atoms with E-state index in [1.165, 1.54) is 5.56 Å². The van der Waals surface area contributed by atoms with Crippen LogP contribution >= 0.6 is 46.3 Å². The van der Waals surface area contributed by atoms with Crippen LogP contribution in [0.2, 0.25) is 10.0 Å². The van der Waals surface area contributed by atoms with Crippen molar-refractivity contribution in [3.8, 4) is 0 Å². The zero-order valence-electron chi connectivity index (χ0n) is 14.8. The van der Waals surface area contributed by atoms with Gasteiger partial charge in [0.25, 0.3) is 0 Å².